The summed E-state index contributed by atoms with van der Waals surface area (Å²) in [7, 11) is 0. The minimum atomic E-state index is -1.15. The van der Waals surface area contributed by atoms with Crippen LogP contribution in [0.15, 0.2) is 65.0 Å². The second-order valence-corrected chi connectivity index (χ2v) is 10.5. The predicted octanol–water partition coefficient (Wildman–Crippen LogP) is 5.67. The molecule has 2 aromatic rings. The van der Waals surface area contributed by atoms with Crippen LogP contribution in [0.1, 0.15) is 42.3 Å². The second kappa shape index (κ2) is 9.00. The van der Waals surface area contributed by atoms with E-state index in [4.69, 9.17) is 14.5 Å². The maximum absolute atomic E-state index is 15.1. The van der Waals surface area contributed by atoms with E-state index in [0.717, 1.165) is 22.2 Å². The molecule has 0 saturated carbocycles. The highest BCUT2D eigenvalue weighted by atomic mass is 32.2. The van der Waals surface area contributed by atoms with Crippen LogP contribution in [0.3, 0.4) is 0 Å². The number of nitrogens with zero attached hydrogens (tertiary/aromatic N) is 2. The fraction of sp³-hybridized carbons (Fsp3) is 0.346. The monoisotopic (exact) mass is 482 g/mol. The van der Waals surface area contributed by atoms with Gasteiger partial charge < -0.3 is 9.47 Å². The second-order valence-electron chi connectivity index (χ2n) is 9.42. The Balaban J connectivity index is 1.88. The molecule has 0 aliphatic carbocycles. The summed E-state index contributed by atoms with van der Waals surface area (Å²) in [6.07, 6.45) is -0.863. The molecule has 2 aromatic carbocycles. The lowest BCUT2D eigenvalue weighted by molar-refractivity contribution is 0.0353. The summed E-state index contributed by atoms with van der Waals surface area (Å²) in [5, 5.41) is 0.0794. The topological polar surface area (TPSA) is 68.2 Å². The van der Waals surface area contributed by atoms with Gasteiger partial charge in [-0.15, -0.1) is 0 Å². The van der Waals surface area contributed by atoms with E-state index >= 15 is 4.39 Å². The number of aliphatic imine (C=N–C) groups is 1. The van der Waals surface area contributed by atoms with Gasteiger partial charge in [0.2, 0.25) is 0 Å². The molecule has 6 nitrogen and oxygen atoms in total. The van der Waals surface area contributed by atoms with Gasteiger partial charge in [-0.05, 0) is 50.8 Å². The van der Waals surface area contributed by atoms with Crippen molar-refractivity contribution in [2.24, 2.45) is 10.9 Å². The van der Waals surface area contributed by atoms with E-state index in [2.05, 4.69) is 6.58 Å². The Bertz CT molecular complexity index is 1180. The lowest BCUT2D eigenvalue weighted by Crippen LogP contribution is -2.47. The van der Waals surface area contributed by atoms with Crippen LogP contribution in [-0.2, 0) is 15.0 Å². The molecule has 1 saturated heterocycles. The first-order valence-corrected chi connectivity index (χ1v) is 11.8. The number of fused-ring (bicyclic) bond motifs is 1. The number of thioether (sulfide) groups is 1. The van der Waals surface area contributed by atoms with E-state index in [1.807, 2.05) is 6.92 Å². The molecular weight excluding hydrogens is 455 g/mol. The van der Waals surface area contributed by atoms with E-state index in [-0.39, 0.29) is 17.7 Å². The lowest BCUT2D eigenvalue weighted by atomic mass is 9.80. The molecule has 0 radical (unpaired) electrons. The Labute approximate surface area is 202 Å². The molecular formula is C26H27FN2O4S. The highest BCUT2D eigenvalue weighted by Gasteiger charge is 2.53. The van der Waals surface area contributed by atoms with Crippen LogP contribution in [0.2, 0.25) is 0 Å². The van der Waals surface area contributed by atoms with Crippen LogP contribution in [0.5, 0.6) is 0 Å². The van der Waals surface area contributed by atoms with Gasteiger partial charge in [-0.3, -0.25) is 4.79 Å². The number of benzene rings is 2. The van der Waals surface area contributed by atoms with E-state index in [1.54, 1.807) is 63.2 Å². The number of hydrogen-bond acceptors (Lipinski definition) is 6. The number of halogens is 1. The van der Waals surface area contributed by atoms with Crippen LogP contribution < -0.4 is 0 Å². The molecule has 0 aromatic heterocycles. The van der Waals surface area contributed by atoms with Crippen LogP contribution in [0, 0.1) is 18.7 Å². The molecule has 0 N–H and O–H groups in total. The fourth-order valence-corrected chi connectivity index (χ4v) is 5.18. The van der Waals surface area contributed by atoms with Gasteiger partial charge in [0.1, 0.15) is 17.0 Å². The zero-order chi connectivity index (χ0) is 24.7. The molecule has 0 bridgehead atoms. The number of carbonyl (C=O) groups excluding carboxylic acids is 2. The minimum Gasteiger partial charge on any atom is -0.443 e. The summed E-state index contributed by atoms with van der Waals surface area (Å²) >= 11 is 1.11. The van der Waals surface area contributed by atoms with E-state index < -0.39 is 29.0 Å². The highest BCUT2D eigenvalue weighted by molar-refractivity contribution is 8.17. The molecule has 2 aliphatic rings. The minimum absolute atomic E-state index is 0.0794. The van der Waals surface area contributed by atoms with Gasteiger partial charge in [-0.2, -0.15) is 4.90 Å². The van der Waals surface area contributed by atoms with Crippen molar-refractivity contribution in [2.75, 3.05) is 13.2 Å². The number of amidine groups is 1. The Morgan fingerprint density at radius 3 is 2.62 bits per heavy atom. The number of rotatable bonds is 2. The number of hydrogen-bond donors (Lipinski definition) is 0. The third-order valence-corrected chi connectivity index (χ3v) is 6.67. The Kier molecular flexibility index (Phi) is 6.40. The van der Waals surface area contributed by atoms with Crippen molar-refractivity contribution >= 4 is 28.9 Å². The average molecular weight is 483 g/mol. The van der Waals surface area contributed by atoms with Crippen molar-refractivity contribution in [3.63, 3.8) is 0 Å². The van der Waals surface area contributed by atoms with Crippen LogP contribution in [0.4, 0.5) is 9.18 Å². The summed E-state index contributed by atoms with van der Waals surface area (Å²) in [6, 6.07) is 13.2. The van der Waals surface area contributed by atoms with Gasteiger partial charge >= 0.3 is 6.09 Å². The largest absolute Gasteiger partial charge is 0.443 e. The standard InChI is InChI=1S/C26H27FN2O4S/c1-16-11-12-21(27)19(13-16)26-15-32-14-20(26)17(2)34-23(28-26)29(24(31)33-25(3,4)5)22(30)18-9-7-6-8-10-18/h6-13,20H,2,14-15H2,1,3-5H3/t20-,26?/m1/s1. The zero-order valence-corrected chi connectivity index (χ0v) is 20.4. The maximum atomic E-state index is 15.1. The highest BCUT2D eigenvalue weighted by Crippen LogP contribution is 2.51. The number of imide groups is 1. The third-order valence-electron chi connectivity index (χ3n) is 5.67. The Hall–Kier alpha value is -2.97. The first kappa shape index (κ1) is 24.2. The summed E-state index contributed by atoms with van der Waals surface area (Å²) in [5.41, 5.74) is -0.484. The van der Waals surface area contributed by atoms with E-state index in [1.165, 1.54) is 6.07 Å². The Morgan fingerprint density at radius 2 is 1.94 bits per heavy atom. The summed E-state index contributed by atoms with van der Waals surface area (Å²) in [5.74, 6) is -1.34. The quantitative estimate of drug-likeness (QED) is 0.552. The van der Waals surface area contributed by atoms with Crippen LogP contribution in [-0.4, -0.2) is 40.9 Å². The van der Waals surface area contributed by atoms with Gasteiger partial charge in [-0.25, -0.2) is 14.2 Å². The summed E-state index contributed by atoms with van der Waals surface area (Å²) in [4.78, 5) is 33.2. The first-order valence-electron chi connectivity index (χ1n) is 11.0. The van der Waals surface area contributed by atoms with Crippen molar-refractivity contribution in [1.29, 1.82) is 0 Å². The normalized spacial score (nSPS) is 22.1. The molecule has 2 atom stereocenters. The molecule has 1 fully saturated rings. The smallest absolute Gasteiger partial charge is 0.423 e. The van der Waals surface area contributed by atoms with Crippen LogP contribution >= 0.6 is 11.8 Å². The van der Waals surface area contributed by atoms with Gasteiger partial charge in [0, 0.05) is 17.0 Å². The molecule has 1 unspecified atom stereocenters. The zero-order valence-electron chi connectivity index (χ0n) is 19.6. The molecule has 4 rings (SSSR count). The molecule has 8 heteroatoms. The van der Waals surface area contributed by atoms with Gasteiger partial charge in [0.05, 0.1) is 13.2 Å². The number of amides is 2. The molecule has 0 spiro atoms. The predicted molar refractivity (Wildman–Crippen MR) is 130 cm³/mol. The fourth-order valence-electron chi connectivity index (χ4n) is 4.08. The molecule has 2 aliphatic heterocycles. The molecule has 2 amide bonds. The van der Waals surface area contributed by atoms with Crippen LogP contribution in [0.25, 0.3) is 0 Å². The van der Waals surface area contributed by atoms with Crippen molar-refractivity contribution < 1.29 is 23.5 Å². The summed E-state index contributed by atoms with van der Waals surface area (Å²) in [6.45, 7) is 11.6. The van der Waals surface area contributed by atoms with Crippen molar-refractivity contribution in [2.45, 2.75) is 38.8 Å². The average Bonchev–Trinajstić information content (AvgIpc) is 3.20. The summed E-state index contributed by atoms with van der Waals surface area (Å²) < 4.78 is 26.4. The third kappa shape index (κ3) is 4.52. The van der Waals surface area contributed by atoms with Crippen molar-refractivity contribution in [3.05, 3.63) is 82.5 Å². The van der Waals surface area contributed by atoms with E-state index in [9.17, 15) is 9.59 Å². The van der Waals surface area contributed by atoms with Crippen molar-refractivity contribution in [1.82, 2.24) is 4.90 Å². The van der Waals surface area contributed by atoms with E-state index in [0.29, 0.717) is 22.6 Å². The molecule has 178 valence electrons. The maximum Gasteiger partial charge on any atom is 0.423 e. The SMILES string of the molecule is C=C1SC(N(C(=O)OC(C)(C)C)C(=O)c2ccccc2)=NC2(c3cc(C)ccc3F)COC[C@H]12. The lowest BCUT2D eigenvalue weighted by Gasteiger charge is -2.38. The van der Waals surface area contributed by atoms with Crippen molar-refractivity contribution in [3.8, 4) is 0 Å². The molecule has 34 heavy (non-hydrogen) atoms. The molecule has 2 heterocycles. The Morgan fingerprint density at radius 1 is 1.24 bits per heavy atom. The first-order chi connectivity index (χ1) is 16.0. The van der Waals surface area contributed by atoms with Gasteiger partial charge in [0.25, 0.3) is 5.91 Å². The van der Waals surface area contributed by atoms with Gasteiger partial charge in [-0.1, -0.05) is 54.2 Å². The number of aryl methyl sites for hydroxylation is 1. The number of carbonyl (C=O) groups is 2. The number of ether oxygens (including phenoxy) is 2. The van der Waals surface area contributed by atoms with Gasteiger partial charge in [0.15, 0.2) is 5.17 Å².